The monoisotopic (exact) mass is 318 g/mol. The van der Waals surface area contributed by atoms with Crippen LogP contribution >= 0.6 is 11.5 Å². The minimum atomic E-state index is -0.166. The lowest BCUT2D eigenvalue weighted by molar-refractivity contribution is -0.114. The SMILES string of the molecule is CNc1snc(C)c1C(=O)NCc1cccc(NC(C)=O)c1. The van der Waals surface area contributed by atoms with E-state index >= 15 is 0 Å². The van der Waals surface area contributed by atoms with Crippen LogP contribution in [0.25, 0.3) is 0 Å². The van der Waals surface area contributed by atoms with Crippen molar-refractivity contribution in [2.24, 2.45) is 0 Å². The smallest absolute Gasteiger partial charge is 0.256 e. The zero-order chi connectivity index (χ0) is 16.1. The van der Waals surface area contributed by atoms with Crippen molar-refractivity contribution in [1.29, 1.82) is 0 Å². The predicted octanol–water partition coefficient (Wildman–Crippen LogP) is 2.38. The second-order valence-corrected chi connectivity index (χ2v) is 5.56. The maximum atomic E-state index is 12.3. The quantitative estimate of drug-likeness (QED) is 0.790. The van der Waals surface area contributed by atoms with Crippen LogP contribution in [-0.4, -0.2) is 23.2 Å². The molecule has 0 fully saturated rings. The van der Waals surface area contributed by atoms with E-state index in [1.54, 1.807) is 13.1 Å². The minimum absolute atomic E-state index is 0.125. The van der Waals surface area contributed by atoms with Gasteiger partial charge >= 0.3 is 0 Å². The van der Waals surface area contributed by atoms with Crippen molar-refractivity contribution in [3.8, 4) is 0 Å². The molecule has 7 heteroatoms. The Morgan fingerprint density at radius 2 is 2.09 bits per heavy atom. The van der Waals surface area contributed by atoms with Crippen molar-refractivity contribution in [2.75, 3.05) is 17.7 Å². The first-order chi connectivity index (χ1) is 10.5. The van der Waals surface area contributed by atoms with Crippen LogP contribution in [-0.2, 0) is 11.3 Å². The summed E-state index contributed by atoms with van der Waals surface area (Å²) in [6.07, 6.45) is 0. The number of benzene rings is 1. The lowest BCUT2D eigenvalue weighted by Crippen LogP contribution is -2.24. The average Bonchev–Trinajstić information content (AvgIpc) is 2.85. The van der Waals surface area contributed by atoms with Gasteiger partial charge in [0.15, 0.2) is 0 Å². The lowest BCUT2D eigenvalue weighted by atomic mass is 10.2. The molecule has 0 aliphatic heterocycles. The van der Waals surface area contributed by atoms with Crippen molar-refractivity contribution >= 4 is 34.0 Å². The zero-order valence-electron chi connectivity index (χ0n) is 12.7. The summed E-state index contributed by atoms with van der Waals surface area (Å²) >= 11 is 1.27. The maximum absolute atomic E-state index is 12.3. The Morgan fingerprint density at radius 1 is 1.32 bits per heavy atom. The van der Waals surface area contributed by atoms with Crippen molar-refractivity contribution in [2.45, 2.75) is 20.4 Å². The van der Waals surface area contributed by atoms with Gasteiger partial charge in [0, 0.05) is 26.2 Å². The van der Waals surface area contributed by atoms with Crippen molar-refractivity contribution < 1.29 is 9.59 Å². The van der Waals surface area contributed by atoms with Crippen LogP contribution < -0.4 is 16.0 Å². The van der Waals surface area contributed by atoms with Crippen LogP contribution in [0, 0.1) is 6.92 Å². The first kappa shape index (κ1) is 16.0. The number of nitrogens with one attached hydrogen (secondary N) is 3. The van der Waals surface area contributed by atoms with Crippen LogP contribution in [0.15, 0.2) is 24.3 Å². The first-order valence-corrected chi connectivity index (χ1v) is 7.57. The van der Waals surface area contributed by atoms with Crippen LogP contribution in [0.4, 0.5) is 10.7 Å². The molecule has 1 aromatic carbocycles. The molecule has 2 amide bonds. The molecule has 2 aromatic rings. The number of nitrogens with zero attached hydrogens (tertiary/aromatic N) is 1. The fraction of sp³-hybridized carbons (Fsp3) is 0.267. The van der Waals surface area contributed by atoms with Crippen LogP contribution in [0.1, 0.15) is 28.5 Å². The standard InChI is InChI=1S/C15H18N4O2S/c1-9-13(15(16-3)22-19-9)14(21)17-8-11-5-4-6-12(7-11)18-10(2)20/h4-7,16H,8H2,1-3H3,(H,17,21)(H,18,20). The number of hydrogen-bond acceptors (Lipinski definition) is 5. The van der Waals surface area contributed by atoms with Gasteiger partial charge in [0.05, 0.1) is 11.3 Å². The van der Waals surface area contributed by atoms with Gasteiger partial charge in [0.2, 0.25) is 5.91 Å². The van der Waals surface area contributed by atoms with Gasteiger partial charge in [-0.1, -0.05) is 12.1 Å². The van der Waals surface area contributed by atoms with Gasteiger partial charge < -0.3 is 16.0 Å². The largest absolute Gasteiger partial charge is 0.378 e. The molecule has 0 aliphatic rings. The van der Waals surface area contributed by atoms with E-state index in [0.717, 1.165) is 10.6 Å². The summed E-state index contributed by atoms with van der Waals surface area (Å²) in [5.74, 6) is -0.291. The number of anilines is 2. The Hall–Kier alpha value is -2.41. The van der Waals surface area contributed by atoms with Gasteiger partial charge in [-0.05, 0) is 36.2 Å². The molecule has 116 valence electrons. The van der Waals surface area contributed by atoms with Gasteiger partial charge in [-0.3, -0.25) is 9.59 Å². The molecule has 3 N–H and O–H groups in total. The highest BCUT2D eigenvalue weighted by Crippen LogP contribution is 2.23. The Morgan fingerprint density at radius 3 is 2.77 bits per heavy atom. The van der Waals surface area contributed by atoms with E-state index in [-0.39, 0.29) is 11.8 Å². The second kappa shape index (κ2) is 7.04. The van der Waals surface area contributed by atoms with Gasteiger partial charge in [-0.2, -0.15) is 4.37 Å². The number of amides is 2. The fourth-order valence-corrected chi connectivity index (χ4v) is 2.78. The molecule has 0 radical (unpaired) electrons. The Labute approximate surface area is 133 Å². The van der Waals surface area contributed by atoms with Crippen LogP contribution in [0.3, 0.4) is 0 Å². The maximum Gasteiger partial charge on any atom is 0.256 e. The molecule has 0 saturated carbocycles. The van der Waals surface area contributed by atoms with Gasteiger partial charge in [0.1, 0.15) is 5.00 Å². The summed E-state index contributed by atoms with van der Waals surface area (Å²) in [7, 11) is 1.76. The third-order valence-corrected chi connectivity index (χ3v) is 3.97. The normalized spacial score (nSPS) is 10.1. The average molecular weight is 318 g/mol. The summed E-state index contributed by atoms with van der Waals surface area (Å²) in [6, 6.07) is 7.37. The molecular formula is C15H18N4O2S. The molecule has 0 bridgehead atoms. The number of carbonyl (C=O) groups excluding carboxylic acids is 2. The predicted molar refractivity (Wildman–Crippen MR) is 88.3 cm³/mol. The second-order valence-electron chi connectivity index (χ2n) is 4.79. The van der Waals surface area contributed by atoms with Gasteiger partial charge in [0.25, 0.3) is 5.91 Å². The highest BCUT2D eigenvalue weighted by atomic mass is 32.1. The van der Waals surface area contributed by atoms with Crippen molar-refractivity contribution in [1.82, 2.24) is 9.69 Å². The van der Waals surface area contributed by atoms with E-state index in [0.29, 0.717) is 23.5 Å². The Balaban J connectivity index is 2.05. The van der Waals surface area contributed by atoms with E-state index in [4.69, 9.17) is 0 Å². The summed E-state index contributed by atoms with van der Waals surface area (Å²) in [5.41, 5.74) is 2.90. The summed E-state index contributed by atoms with van der Waals surface area (Å²) in [4.78, 5) is 23.3. The van der Waals surface area contributed by atoms with Crippen molar-refractivity contribution in [3.63, 3.8) is 0 Å². The minimum Gasteiger partial charge on any atom is -0.378 e. The van der Waals surface area contributed by atoms with E-state index in [1.807, 2.05) is 25.1 Å². The molecule has 6 nitrogen and oxygen atoms in total. The summed E-state index contributed by atoms with van der Waals surface area (Å²) in [5, 5.41) is 9.32. The van der Waals surface area contributed by atoms with Crippen LogP contribution in [0.2, 0.25) is 0 Å². The zero-order valence-corrected chi connectivity index (χ0v) is 13.5. The van der Waals surface area contributed by atoms with Gasteiger partial charge in [-0.25, -0.2) is 0 Å². The number of carbonyl (C=O) groups is 2. The first-order valence-electron chi connectivity index (χ1n) is 6.80. The van der Waals surface area contributed by atoms with E-state index in [1.165, 1.54) is 18.5 Å². The number of aromatic nitrogens is 1. The summed E-state index contributed by atoms with van der Waals surface area (Å²) < 4.78 is 4.18. The molecular weight excluding hydrogens is 300 g/mol. The number of hydrogen-bond donors (Lipinski definition) is 3. The highest BCUT2D eigenvalue weighted by Gasteiger charge is 2.17. The van der Waals surface area contributed by atoms with E-state index in [9.17, 15) is 9.59 Å². The fourth-order valence-electron chi connectivity index (χ4n) is 2.04. The summed E-state index contributed by atoms with van der Waals surface area (Å²) in [6.45, 7) is 3.65. The molecule has 0 unspecified atom stereocenters. The third-order valence-electron chi connectivity index (χ3n) is 3.02. The molecule has 0 aliphatic carbocycles. The molecule has 0 atom stereocenters. The molecule has 0 saturated heterocycles. The Bertz CT molecular complexity index is 697. The van der Waals surface area contributed by atoms with E-state index in [2.05, 4.69) is 20.3 Å². The third kappa shape index (κ3) is 3.82. The highest BCUT2D eigenvalue weighted by molar-refractivity contribution is 7.10. The number of aryl methyl sites for hydroxylation is 1. The molecule has 22 heavy (non-hydrogen) atoms. The lowest BCUT2D eigenvalue weighted by Gasteiger charge is -2.08. The topological polar surface area (TPSA) is 83.1 Å². The van der Waals surface area contributed by atoms with Gasteiger partial charge in [-0.15, -0.1) is 0 Å². The number of rotatable bonds is 5. The Kier molecular flexibility index (Phi) is 5.11. The molecule has 2 rings (SSSR count). The van der Waals surface area contributed by atoms with Crippen molar-refractivity contribution in [3.05, 3.63) is 41.1 Å². The molecule has 1 heterocycles. The van der Waals surface area contributed by atoms with E-state index < -0.39 is 0 Å². The molecule has 1 aromatic heterocycles. The van der Waals surface area contributed by atoms with Crippen LogP contribution in [0.5, 0.6) is 0 Å². The molecule has 0 spiro atoms.